The number of esters is 2. The largest absolute Gasteiger partial charge is 0.473 e. The van der Waals surface area contributed by atoms with Crippen molar-refractivity contribution in [1.82, 2.24) is 0 Å². The van der Waals surface area contributed by atoms with Gasteiger partial charge in [-0.05, 0) is 6.08 Å². The molecule has 28 heavy (non-hydrogen) atoms. The van der Waals surface area contributed by atoms with Gasteiger partial charge in [0.05, 0.1) is 14.2 Å². The van der Waals surface area contributed by atoms with Gasteiger partial charge in [0.15, 0.2) is 5.78 Å². The number of Topliss-reactive ketones (excluding diaryl/α,β-unsaturated/α-hetero) is 1. The summed E-state index contributed by atoms with van der Waals surface area (Å²) in [5.74, 6) is -1.78. The molecule has 0 fully saturated rings. The normalized spacial score (nSPS) is 15.9. The second kappa shape index (κ2) is 8.35. The molecule has 1 atom stereocenters. The van der Waals surface area contributed by atoms with Gasteiger partial charge in [-0.15, -0.1) is 0 Å². The fourth-order valence-electron chi connectivity index (χ4n) is 2.86. The molecule has 3 rings (SSSR count). The Balaban J connectivity index is 2.22. The van der Waals surface area contributed by atoms with Crippen LogP contribution in [0.15, 0.2) is 77.9 Å². The minimum absolute atomic E-state index is 0.0264. The number of carbonyl (C=O) groups excluding carboxylic acids is 3. The van der Waals surface area contributed by atoms with Gasteiger partial charge in [0.1, 0.15) is 11.3 Å². The Morgan fingerprint density at radius 1 is 0.857 bits per heavy atom. The van der Waals surface area contributed by atoms with E-state index in [0.717, 1.165) is 0 Å². The summed E-state index contributed by atoms with van der Waals surface area (Å²) >= 11 is 0. The molecule has 0 amide bonds. The van der Waals surface area contributed by atoms with E-state index in [9.17, 15) is 14.4 Å². The van der Waals surface area contributed by atoms with Crippen molar-refractivity contribution in [2.45, 2.75) is 6.10 Å². The summed E-state index contributed by atoms with van der Waals surface area (Å²) in [6, 6.07) is 17.4. The average Bonchev–Trinajstić information content (AvgIpc) is 2.77. The van der Waals surface area contributed by atoms with E-state index in [4.69, 9.17) is 14.2 Å². The van der Waals surface area contributed by atoms with Crippen LogP contribution in [-0.2, 0) is 23.8 Å². The summed E-state index contributed by atoms with van der Waals surface area (Å²) in [4.78, 5) is 37.9. The lowest BCUT2D eigenvalue weighted by molar-refractivity contribution is -0.151. The zero-order chi connectivity index (χ0) is 20.1. The number of hydrogen-bond donors (Lipinski definition) is 0. The maximum Gasteiger partial charge on any atom is 0.352 e. The molecule has 1 heterocycles. The van der Waals surface area contributed by atoms with Crippen molar-refractivity contribution in [3.8, 4) is 0 Å². The number of methoxy groups -OCH3 is 2. The average molecular weight is 378 g/mol. The maximum atomic E-state index is 13.1. The Kier molecular flexibility index (Phi) is 5.69. The minimum Gasteiger partial charge on any atom is -0.473 e. The van der Waals surface area contributed by atoms with E-state index in [2.05, 4.69) is 0 Å². The summed E-state index contributed by atoms with van der Waals surface area (Å²) in [5.41, 5.74) is 0.855. The van der Waals surface area contributed by atoms with Crippen molar-refractivity contribution in [2.24, 2.45) is 0 Å². The van der Waals surface area contributed by atoms with Gasteiger partial charge in [0.25, 0.3) is 0 Å². The van der Waals surface area contributed by atoms with Crippen LogP contribution < -0.4 is 0 Å². The highest BCUT2D eigenvalue weighted by atomic mass is 16.6. The Labute approximate surface area is 162 Å². The maximum absolute atomic E-state index is 13.1. The first kappa shape index (κ1) is 19.1. The highest BCUT2D eigenvalue weighted by Crippen LogP contribution is 2.32. The third-order valence-corrected chi connectivity index (χ3v) is 4.23. The van der Waals surface area contributed by atoms with Gasteiger partial charge < -0.3 is 14.2 Å². The van der Waals surface area contributed by atoms with Crippen LogP contribution in [0.5, 0.6) is 0 Å². The zero-order valence-electron chi connectivity index (χ0n) is 15.4. The van der Waals surface area contributed by atoms with Crippen LogP contribution in [0.4, 0.5) is 0 Å². The Morgan fingerprint density at radius 2 is 1.46 bits per heavy atom. The van der Waals surface area contributed by atoms with Crippen LogP contribution in [0.25, 0.3) is 5.76 Å². The van der Waals surface area contributed by atoms with Gasteiger partial charge in [-0.1, -0.05) is 60.7 Å². The fourth-order valence-corrected chi connectivity index (χ4v) is 2.86. The number of ketones is 1. The number of benzene rings is 2. The van der Waals surface area contributed by atoms with Gasteiger partial charge in [0, 0.05) is 16.7 Å². The van der Waals surface area contributed by atoms with Crippen LogP contribution >= 0.6 is 0 Å². The predicted molar refractivity (Wildman–Crippen MR) is 101 cm³/mol. The molecular weight excluding hydrogens is 360 g/mol. The molecule has 0 bridgehead atoms. The quantitative estimate of drug-likeness (QED) is 0.588. The predicted octanol–water partition coefficient (Wildman–Crippen LogP) is 2.95. The van der Waals surface area contributed by atoms with Gasteiger partial charge >= 0.3 is 11.9 Å². The second-order valence-electron chi connectivity index (χ2n) is 5.91. The minimum atomic E-state index is -1.42. The summed E-state index contributed by atoms with van der Waals surface area (Å²) in [5, 5.41) is 0. The van der Waals surface area contributed by atoms with Crippen molar-refractivity contribution in [3.63, 3.8) is 0 Å². The molecule has 1 aliphatic rings. The van der Waals surface area contributed by atoms with E-state index >= 15 is 0 Å². The number of rotatable bonds is 5. The topological polar surface area (TPSA) is 78.9 Å². The van der Waals surface area contributed by atoms with Crippen molar-refractivity contribution < 1.29 is 28.6 Å². The van der Waals surface area contributed by atoms with Gasteiger partial charge in [-0.3, -0.25) is 4.79 Å². The molecule has 0 aromatic heterocycles. The van der Waals surface area contributed by atoms with Gasteiger partial charge in [-0.2, -0.15) is 0 Å². The van der Waals surface area contributed by atoms with Crippen molar-refractivity contribution in [2.75, 3.05) is 14.2 Å². The zero-order valence-corrected chi connectivity index (χ0v) is 15.4. The van der Waals surface area contributed by atoms with E-state index in [-0.39, 0.29) is 16.9 Å². The van der Waals surface area contributed by atoms with Crippen molar-refractivity contribution in [1.29, 1.82) is 0 Å². The first-order chi connectivity index (χ1) is 13.6. The second-order valence-corrected chi connectivity index (χ2v) is 5.91. The molecule has 6 heteroatoms. The fraction of sp³-hybridized carbons (Fsp3) is 0.136. The van der Waals surface area contributed by atoms with Gasteiger partial charge in [0.2, 0.25) is 6.10 Å². The third-order valence-electron chi connectivity index (χ3n) is 4.23. The summed E-state index contributed by atoms with van der Waals surface area (Å²) in [6.45, 7) is 0. The number of ether oxygens (including phenoxy) is 3. The van der Waals surface area contributed by atoms with E-state index in [1.165, 1.54) is 20.3 Å². The highest BCUT2D eigenvalue weighted by molar-refractivity contribution is 6.17. The van der Waals surface area contributed by atoms with Crippen LogP contribution in [0, 0.1) is 0 Å². The summed E-state index contributed by atoms with van der Waals surface area (Å²) in [7, 11) is 2.35. The smallest absolute Gasteiger partial charge is 0.352 e. The first-order valence-electron chi connectivity index (χ1n) is 8.50. The lowest BCUT2D eigenvalue weighted by atomic mass is 9.91. The van der Waals surface area contributed by atoms with Crippen LogP contribution in [0.1, 0.15) is 15.9 Å². The van der Waals surface area contributed by atoms with Crippen LogP contribution in [0.2, 0.25) is 0 Å². The third kappa shape index (κ3) is 3.71. The highest BCUT2D eigenvalue weighted by Gasteiger charge is 2.39. The Hall–Kier alpha value is -3.67. The van der Waals surface area contributed by atoms with Crippen LogP contribution in [0.3, 0.4) is 0 Å². The van der Waals surface area contributed by atoms with E-state index in [1.54, 1.807) is 54.6 Å². The molecule has 0 saturated heterocycles. The lowest BCUT2D eigenvalue weighted by Gasteiger charge is -2.26. The van der Waals surface area contributed by atoms with Crippen molar-refractivity contribution >= 4 is 23.5 Å². The molecule has 0 saturated carbocycles. The monoisotopic (exact) mass is 378 g/mol. The molecule has 0 spiro atoms. The molecule has 1 unspecified atom stereocenters. The molecule has 0 radical (unpaired) electrons. The number of carbonyl (C=O) groups is 3. The molecule has 0 N–H and O–H groups in total. The number of allylic oxidation sites excluding steroid dienone is 2. The Bertz CT molecular complexity index is 957. The van der Waals surface area contributed by atoms with Gasteiger partial charge in [-0.25, -0.2) is 9.59 Å². The van der Waals surface area contributed by atoms with E-state index in [0.29, 0.717) is 11.1 Å². The molecule has 6 nitrogen and oxygen atoms in total. The van der Waals surface area contributed by atoms with E-state index < -0.39 is 23.8 Å². The lowest BCUT2D eigenvalue weighted by Crippen LogP contribution is -2.35. The van der Waals surface area contributed by atoms with E-state index in [1.807, 2.05) is 6.07 Å². The molecule has 0 aliphatic carbocycles. The summed E-state index contributed by atoms with van der Waals surface area (Å²) < 4.78 is 15.3. The van der Waals surface area contributed by atoms with Crippen LogP contribution in [-0.4, -0.2) is 38.0 Å². The molecule has 1 aliphatic heterocycles. The Morgan fingerprint density at radius 3 is 2.04 bits per heavy atom. The number of hydrogen-bond acceptors (Lipinski definition) is 6. The molecule has 2 aromatic carbocycles. The first-order valence-corrected chi connectivity index (χ1v) is 8.50. The molecule has 142 valence electrons. The SMILES string of the molecule is COC(=O)C1=C(C(=O)c2ccccc2)C=C(c2ccccc2)OC1C(=O)OC. The summed E-state index contributed by atoms with van der Waals surface area (Å²) in [6.07, 6.45) is 0.0384. The van der Waals surface area contributed by atoms with Crippen molar-refractivity contribution in [3.05, 3.63) is 89.0 Å². The molecule has 2 aromatic rings. The standard InChI is InChI=1S/C22H18O6/c1-26-21(24)18-16(19(23)15-11-7-4-8-12-15)13-17(14-9-5-3-6-10-14)28-20(18)22(25)27-2/h3-13,20H,1-2H3. The molecular formula is C22H18O6.